The van der Waals surface area contributed by atoms with Crippen molar-refractivity contribution in [2.45, 2.75) is 6.18 Å². The third kappa shape index (κ3) is 3.36. The zero-order valence-electron chi connectivity index (χ0n) is 11.9. The highest BCUT2D eigenvalue weighted by molar-refractivity contribution is 6.00. The van der Waals surface area contributed by atoms with Gasteiger partial charge in [0.1, 0.15) is 11.6 Å². The number of methoxy groups -OCH3 is 1. The SMILES string of the molecule is COc1ccc(C(F)(F)F)cc1N(C(N)=O)c1ccccc1F. The smallest absolute Gasteiger partial charge is 0.416 e. The summed E-state index contributed by atoms with van der Waals surface area (Å²) in [5.41, 5.74) is 3.63. The predicted molar refractivity (Wildman–Crippen MR) is 76.1 cm³/mol. The predicted octanol–water partition coefficient (Wildman–Crippen LogP) is 4.07. The number of urea groups is 1. The van der Waals surface area contributed by atoms with Gasteiger partial charge in [-0.25, -0.2) is 9.18 Å². The fraction of sp³-hybridized carbons (Fsp3) is 0.133. The Morgan fingerprint density at radius 2 is 1.78 bits per heavy atom. The summed E-state index contributed by atoms with van der Waals surface area (Å²) in [6.45, 7) is 0. The van der Waals surface area contributed by atoms with Crippen LogP contribution >= 0.6 is 0 Å². The summed E-state index contributed by atoms with van der Waals surface area (Å²) in [5, 5.41) is 0. The molecule has 2 aromatic carbocycles. The van der Waals surface area contributed by atoms with Crippen molar-refractivity contribution in [3.63, 3.8) is 0 Å². The number of para-hydroxylation sites is 1. The van der Waals surface area contributed by atoms with Crippen LogP contribution in [0.15, 0.2) is 42.5 Å². The monoisotopic (exact) mass is 328 g/mol. The molecule has 0 aliphatic carbocycles. The Kier molecular flexibility index (Phi) is 4.44. The standard InChI is InChI=1S/C15H12F4N2O2/c1-23-13-7-6-9(15(17,18)19)8-12(13)21(14(20)22)11-5-3-2-4-10(11)16/h2-8H,1H3,(H2,20,22). The molecule has 0 aliphatic heterocycles. The molecule has 8 heteroatoms. The number of anilines is 2. The van der Waals surface area contributed by atoms with Crippen molar-refractivity contribution in [2.24, 2.45) is 5.73 Å². The zero-order chi connectivity index (χ0) is 17.2. The van der Waals surface area contributed by atoms with Gasteiger partial charge in [0.15, 0.2) is 0 Å². The molecular weight excluding hydrogens is 316 g/mol. The number of alkyl halides is 3. The molecule has 0 saturated carbocycles. The second kappa shape index (κ2) is 6.15. The molecule has 2 rings (SSSR count). The largest absolute Gasteiger partial charge is 0.495 e. The van der Waals surface area contributed by atoms with Crippen LogP contribution in [-0.4, -0.2) is 13.1 Å². The van der Waals surface area contributed by atoms with Gasteiger partial charge in [0.2, 0.25) is 0 Å². The molecule has 0 spiro atoms. The molecule has 0 atom stereocenters. The number of hydrogen-bond donors (Lipinski definition) is 1. The number of ether oxygens (including phenoxy) is 1. The Morgan fingerprint density at radius 1 is 1.13 bits per heavy atom. The molecule has 2 N–H and O–H groups in total. The van der Waals surface area contributed by atoms with Gasteiger partial charge in [0.25, 0.3) is 0 Å². The van der Waals surface area contributed by atoms with E-state index in [0.29, 0.717) is 11.0 Å². The maximum Gasteiger partial charge on any atom is 0.416 e. The number of benzene rings is 2. The Bertz CT molecular complexity index is 732. The van der Waals surface area contributed by atoms with Crippen LogP contribution in [0, 0.1) is 5.82 Å². The highest BCUT2D eigenvalue weighted by atomic mass is 19.4. The number of primary amides is 1. The van der Waals surface area contributed by atoms with E-state index in [9.17, 15) is 22.4 Å². The Labute approximate surface area is 129 Å². The van der Waals surface area contributed by atoms with Gasteiger partial charge in [-0.1, -0.05) is 12.1 Å². The number of carbonyl (C=O) groups excluding carboxylic acids is 1. The molecule has 23 heavy (non-hydrogen) atoms. The number of nitrogens with zero attached hydrogens (tertiary/aromatic N) is 1. The van der Waals surface area contributed by atoms with Crippen LogP contribution in [0.5, 0.6) is 5.75 Å². The number of carbonyl (C=O) groups is 1. The van der Waals surface area contributed by atoms with Gasteiger partial charge < -0.3 is 10.5 Å². The van der Waals surface area contributed by atoms with E-state index in [-0.39, 0.29) is 17.1 Å². The van der Waals surface area contributed by atoms with Crippen LogP contribution in [0.25, 0.3) is 0 Å². The third-order valence-electron chi connectivity index (χ3n) is 3.06. The van der Waals surface area contributed by atoms with Gasteiger partial charge in [-0.3, -0.25) is 4.90 Å². The van der Waals surface area contributed by atoms with E-state index in [1.54, 1.807) is 0 Å². The first-order valence-electron chi connectivity index (χ1n) is 6.35. The van der Waals surface area contributed by atoms with Crippen LogP contribution in [0.4, 0.5) is 33.7 Å². The van der Waals surface area contributed by atoms with Crippen molar-refractivity contribution in [1.29, 1.82) is 0 Å². The first kappa shape index (κ1) is 16.6. The maximum atomic E-state index is 13.9. The van der Waals surface area contributed by atoms with Crippen molar-refractivity contribution in [2.75, 3.05) is 12.0 Å². The van der Waals surface area contributed by atoms with Gasteiger partial charge in [-0.05, 0) is 30.3 Å². The molecule has 0 aliphatic rings. The van der Waals surface area contributed by atoms with Crippen LogP contribution in [0.2, 0.25) is 0 Å². The summed E-state index contributed by atoms with van der Waals surface area (Å²) >= 11 is 0. The fourth-order valence-corrected chi connectivity index (χ4v) is 2.04. The van der Waals surface area contributed by atoms with Gasteiger partial charge >= 0.3 is 12.2 Å². The fourth-order valence-electron chi connectivity index (χ4n) is 2.04. The molecule has 4 nitrogen and oxygen atoms in total. The minimum absolute atomic E-state index is 0.0555. The lowest BCUT2D eigenvalue weighted by atomic mass is 10.1. The quantitative estimate of drug-likeness (QED) is 0.864. The molecule has 0 aromatic heterocycles. The number of amides is 2. The molecule has 0 unspecified atom stereocenters. The topological polar surface area (TPSA) is 55.6 Å². The first-order valence-corrected chi connectivity index (χ1v) is 6.35. The summed E-state index contributed by atoms with van der Waals surface area (Å²) in [6, 6.07) is 6.45. The number of halogens is 4. The van der Waals surface area contributed by atoms with E-state index in [4.69, 9.17) is 10.5 Å². The van der Waals surface area contributed by atoms with Crippen molar-refractivity contribution >= 4 is 17.4 Å². The maximum absolute atomic E-state index is 13.9. The van der Waals surface area contributed by atoms with Crippen LogP contribution in [0.1, 0.15) is 5.56 Å². The molecule has 0 heterocycles. The lowest BCUT2D eigenvalue weighted by Crippen LogP contribution is -2.32. The Balaban J connectivity index is 2.68. The van der Waals surface area contributed by atoms with Crippen molar-refractivity contribution < 1.29 is 27.1 Å². The van der Waals surface area contributed by atoms with Crippen LogP contribution < -0.4 is 15.4 Å². The van der Waals surface area contributed by atoms with Gasteiger partial charge in [0.05, 0.1) is 24.0 Å². The summed E-state index contributed by atoms with van der Waals surface area (Å²) in [7, 11) is 1.21. The lowest BCUT2D eigenvalue weighted by molar-refractivity contribution is -0.137. The second-order valence-corrected chi connectivity index (χ2v) is 4.51. The molecule has 0 fully saturated rings. The number of nitrogens with two attached hydrogens (primary N) is 1. The van der Waals surface area contributed by atoms with E-state index < -0.39 is 23.6 Å². The van der Waals surface area contributed by atoms with Gasteiger partial charge in [0, 0.05) is 0 Å². The third-order valence-corrected chi connectivity index (χ3v) is 3.06. The highest BCUT2D eigenvalue weighted by Gasteiger charge is 2.33. The molecule has 0 saturated heterocycles. The number of hydrogen-bond acceptors (Lipinski definition) is 2. The summed E-state index contributed by atoms with van der Waals surface area (Å²) < 4.78 is 57.6. The van der Waals surface area contributed by atoms with Crippen molar-refractivity contribution in [3.05, 3.63) is 53.8 Å². The van der Waals surface area contributed by atoms with Gasteiger partial charge in [-0.2, -0.15) is 13.2 Å². The molecule has 2 amide bonds. The zero-order valence-corrected chi connectivity index (χ0v) is 11.9. The lowest BCUT2D eigenvalue weighted by Gasteiger charge is -2.24. The molecule has 0 bridgehead atoms. The normalized spacial score (nSPS) is 11.2. The molecular formula is C15H12F4N2O2. The van der Waals surface area contributed by atoms with Crippen LogP contribution in [0.3, 0.4) is 0 Å². The second-order valence-electron chi connectivity index (χ2n) is 4.51. The Hall–Kier alpha value is -2.77. The highest BCUT2D eigenvalue weighted by Crippen LogP contribution is 2.39. The summed E-state index contributed by atoms with van der Waals surface area (Å²) in [4.78, 5) is 12.4. The van der Waals surface area contributed by atoms with E-state index in [0.717, 1.165) is 18.2 Å². The van der Waals surface area contributed by atoms with E-state index in [2.05, 4.69) is 0 Å². The van der Waals surface area contributed by atoms with Crippen molar-refractivity contribution in [3.8, 4) is 5.75 Å². The van der Waals surface area contributed by atoms with Gasteiger partial charge in [-0.15, -0.1) is 0 Å². The van der Waals surface area contributed by atoms with E-state index >= 15 is 0 Å². The van der Waals surface area contributed by atoms with Crippen LogP contribution in [-0.2, 0) is 6.18 Å². The average molecular weight is 328 g/mol. The Morgan fingerprint density at radius 3 is 2.30 bits per heavy atom. The molecule has 122 valence electrons. The number of rotatable bonds is 3. The first-order chi connectivity index (χ1) is 10.8. The van der Waals surface area contributed by atoms with Crippen molar-refractivity contribution in [1.82, 2.24) is 0 Å². The van der Waals surface area contributed by atoms with E-state index in [1.807, 2.05) is 0 Å². The van der Waals surface area contributed by atoms with E-state index in [1.165, 1.54) is 25.3 Å². The summed E-state index contributed by atoms with van der Waals surface area (Å²) in [6.07, 6.45) is -4.64. The summed E-state index contributed by atoms with van der Waals surface area (Å²) in [5.74, 6) is -0.870. The molecule has 2 aromatic rings. The average Bonchev–Trinajstić information content (AvgIpc) is 2.48. The minimum atomic E-state index is -4.64. The minimum Gasteiger partial charge on any atom is -0.495 e. The molecule has 0 radical (unpaired) electrons.